The number of nitrogens with one attached hydrogen (secondary N) is 2. The van der Waals surface area contributed by atoms with Crippen LogP contribution in [0.2, 0.25) is 0 Å². The van der Waals surface area contributed by atoms with Gasteiger partial charge in [-0.15, -0.1) is 0 Å². The van der Waals surface area contributed by atoms with E-state index in [-0.39, 0.29) is 22.7 Å². The molecule has 0 aliphatic heterocycles. The van der Waals surface area contributed by atoms with Crippen LogP contribution in [0.5, 0.6) is 5.75 Å². The summed E-state index contributed by atoms with van der Waals surface area (Å²) in [4.78, 5) is 37.2. The highest BCUT2D eigenvalue weighted by Crippen LogP contribution is 2.25. The number of benzene rings is 2. The third-order valence-corrected chi connectivity index (χ3v) is 4.60. The van der Waals surface area contributed by atoms with Crippen molar-refractivity contribution >= 4 is 29.8 Å². The van der Waals surface area contributed by atoms with E-state index in [2.05, 4.69) is 15.7 Å². The number of hydrogen-bond acceptors (Lipinski definition) is 7. The van der Waals surface area contributed by atoms with Crippen LogP contribution in [0.1, 0.15) is 10.4 Å². The molecule has 1 aliphatic rings. The molecule has 0 radical (unpaired) electrons. The minimum atomic E-state index is -0.908. The number of nitrogens with two attached hydrogens (primary N) is 2. The fourth-order valence-corrected chi connectivity index (χ4v) is 3.00. The van der Waals surface area contributed by atoms with Crippen molar-refractivity contribution < 1.29 is 19.1 Å². The predicted octanol–water partition coefficient (Wildman–Crippen LogP) is 2.01. The first-order chi connectivity index (χ1) is 16.0. The Morgan fingerprint density at radius 3 is 2.61 bits per heavy atom. The average molecular weight is 443 g/mol. The summed E-state index contributed by atoms with van der Waals surface area (Å²) in [5.41, 5.74) is 7.01. The molecule has 1 unspecified atom stereocenters. The van der Waals surface area contributed by atoms with Crippen molar-refractivity contribution in [3.8, 4) is 5.75 Å². The first-order valence-corrected chi connectivity index (χ1v) is 9.80. The molecule has 166 valence electrons. The van der Waals surface area contributed by atoms with Crippen LogP contribution in [0.25, 0.3) is 0 Å². The molecule has 0 spiro atoms. The lowest BCUT2D eigenvalue weighted by Gasteiger charge is -2.19. The van der Waals surface area contributed by atoms with Gasteiger partial charge < -0.3 is 26.9 Å². The minimum Gasteiger partial charge on any atom is -0.422 e. The van der Waals surface area contributed by atoms with E-state index in [1.54, 1.807) is 66.8 Å². The molecule has 9 nitrogen and oxygen atoms in total. The number of ether oxygens (including phenoxy) is 1. The molecule has 1 atom stereocenters. The molecule has 9 heteroatoms. The summed E-state index contributed by atoms with van der Waals surface area (Å²) in [7, 11) is 0. The Hall–Kier alpha value is -4.88. The van der Waals surface area contributed by atoms with Gasteiger partial charge in [-0.05, 0) is 30.3 Å². The van der Waals surface area contributed by atoms with Crippen LogP contribution in [-0.2, 0) is 9.59 Å². The summed E-state index contributed by atoms with van der Waals surface area (Å²) in [6.07, 6.45) is 7.73. The van der Waals surface area contributed by atoms with Crippen LogP contribution in [0.15, 0.2) is 101 Å². The second kappa shape index (κ2) is 10.9. The zero-order chi connectivity index (χ0) is 23.6. The fraction of sp³-hybridized carbons (Fsp3) is 0.0417. The van der Waals surface area contributed by atoms with Crippen molar-refractivity contribution in [1.82, 2.24) is 5.32 Å². The molecule has 2 aromatic carbocycles. The second-order valence-corrected chi connectivity index (χ2v) is 6.77. The van der Waals surface area contributed by atoms with Gasteiger partial charge >= 0.3 is 5.97 Å². The molecule has 3 rings (SSSR count). The number of anilines is 1. The largest absolute Gasteiger partial charge is 0.422 e. The standard InChI is InChI=1S/C24H21N5O4/c25-21(20-12-5-4-9-17(20)14-30)22(29-23(31)16-7-2-1-3-8-16)24(32)33-19-11-6-10-18(13-19)27-15-28-26/h1-13,15,20H,25-26H2,(H,27,28)(H,29,31). The summed E-state index contributed by atoms with van der Waals surface area (Å²) in [6, 6.07) is 14.7. The molecule has 6 N–H and O–H groups in total. The molecule has 0 fully saturated rings. The number of hydrazone groups is 1. The van der Waals surface area contributed by atoms with Crippen LogP contribution in [-0.4, -0.2) is 24.2 Å². The predicted molar refractivity (Wildman–Crippen MR) is 124 cm³/mol. The SMILES string of the molecule is NN=CNc1cccc(OC(=O)C(NC(=O)c2ccccc2)=C(N)C2C=CC=CC2=C=O)c1. The highest BCUT2D eigenvalue weighted by molar-refractivity contribution is 6.02. The lowest BCUT2D eigenvalue weighted by molar-refractivity contribution is -0.130. The van der Waals surface area contributed by atoms with Gasteiger partial charge in [0.15, 0.2) is 0 Å². The van der Waals surface area contributed by atoms with Gasteiger partial charge in [-0.25, -0.2) is 9.59 Å². The number of carbonyl (C=O) groups excluding carboxylic acids is 3. The lowest BCUT2D eigenvalue weighted by atomic mass is 9.91. The summed E-state index contributed by atoms with van der Waals surface area (Å²) < 4.78 is 5.46. The maximum absolute atomic E-state index is 13.1. The minimum absolute atomic E-state index is 0.0622. The molecule has 0 saturated carbocycles. The first kappa shape index (κ1) is 22.8. The van der Waals surface area contributed by atoms with Gasteiger partial charge in [-0.3, -0.25) is 4.79 Å². The Kier molecular flexibility index (Phi) is 7.56. The average Bonchev–Trinajstić information content (AvgIpc) is 2.86. The number of nitrogens with zero attached hydrogens (tertiary/aromatic N) is 1. The van der Waals surface area contributed by atoms with E-state index in [4.69, 9.17) is 16.3 Å². The van der Waals surface area contributed by atoms with Crippen LogP contribution >= 0.6 is 0 Å². The number of rotatable bonds is 7. The van der Waals surface area contributed by atoms with E-state index in [1.807, 2.05) is 5.94 Å². The normalized spacial score (nSPS) is 15.5. The van der Waals surface area contributed by atoms with E-state index < -0.39 is 17.8 Å². The highest BCUT2D eigenvalue weighted by atomic mass is 16.5. The topological polar surface area (TPSA) is 149 Å². The number of esters is 1. The Balaban J connectivity index is 1.95. The Morgan fingerprint density at radius 2 is 1.88 bits per heavy atom. The van der Waals surface area contributed by atoms with Gasteiger partial charge in [-0.2, -0.15) is 5.10 Å². The van der Waals surface area contributed by atoms with Gasteiger partial charge in [0.1, 0.15) is 23.7 Å². The van der Waals surface area contributed by atoms with Crippen molar-refractivity contribution in [2.75, 3.05) is 5.32 Å². The van der Waals surface area contributed by atoms with Crippen molar-refractivity contribution in [2.45, 2.75) is 0 Å². The van der Waals surface area contributed by atoms with Gasteiger partial charge in [0.05, 0.1) is 11.6 Å². The van der Waals surface area contributed by atoms with E-state index in [9.17, 15) is 14.4 Å². The summed E-state index contributed by atoms with van der Waals surface area (Å²) in [5, 5.41) is 8.67. The summed E-state index contributed by atoms with van der Waals surface area (Å²) >= 11 is 0. The first-order valence-electron chi connectivity index (χ1n) is 9.80. The number of hydrogen-bond donors (Lipinski definition) is 4. The van der Waals surface area contributed by atoms with Crippen molar-refractivity contribution in [2.24, 2.45) is 22.6 Å². The van der Waals surface area contributed by atoms with Crippen LogP contribution < -0.4 is 26.9 Å². The monoisotopic (exact) mass is 443 g/mol. The van der Waals surface area contributed by atoms with Crippen molar-refractivity contribution in [3.63, 3.8) is 0 Å². The molecule has 0 saturated heterocycles. The lowest BCUT2D eigenvalue weighted by Crippen LogP contribution is -2.34. The smallest absolute Gasteiger partial charge is 0.362 e. The summed E-state index contributed by atoms with van der Waals surface area (Å²) in [6.45, 7) is 0. The van der Waals surface area contributed by atoms with E-state index in [0.717, 1.165) is 0 Å². The number of allylic oxidation sites excluding steroid dienone is 4. The maximum atomic E-state index is 13.1. The maximum Gasteiger partial charge on any atom is 0.362 e. The van der Waals surface area contributed by atoms with Crippen molar-refractivity contribution in [3.05, 3.63) is 101 Å². The molecular weight excluding hydrogens is 422 g/mol. The van der Waals surface area contributed by atoms with Gasteiger partial charge in [-0.1, -0.05) is 42.5 Å². The Bertz CT molecular complexity index is 1210. The van der Waals surface area contributed by atoms with E-state index >= 15 is 0 Å². The fourth-order valence-electron chi connectivity index (χ4n) is 3.00. The van der Waals surface area contributed by atoms with Crippen molar-refractivity contribution in [1.29, 1.82) is 0 Å². The van der Waals surface area contributed by atoms with Gasteiger partial charge in [0, 0.05) is 22.9 Å². The second-order valence-electron chi connectivity index (χ2n) is 6.77. The zero-order valence-corrected chi connectivity index (χ0v) is 17.4. The zero-order valence-electron chi connectivity index (χ0n) is 17.4. The molecular formula is C24H21N5O4. The molecule has 33 heavy (non-hydrogen) atoms. The number of carbonyl (C=O) groups is 2. The third-order valence-electron chi connectivity index (χ3n) is 4.60. The molecule has 0 heterocycles. The Labute approximate surface area is 189 Å². The molecule has 1 aliphatic carbocycles. The summed E-state index contributed by atoms with van der Waals surface area (Å²) in [5.74, 6) is 4.83. The molecule has 0 aromatic heterocycles. The number of amides is 1. The quantitative estimate of drug-likeness (QED) is 0.0747. The molecule has 2 aromatic rings. The van der Waals surface area contributed by atoms with Crippen LogP contribution in [0, 0.1) is 5.92 Å². The van der Waals surface area contributed by atoms with Crippen LogP contribution in [0.3, 0.4) is 0 Å². The van der Waals surface area contributed by atoms with E-state index in [1.165, 1.54) is 18.5 Å². The molecule has 1 amide bonds. The Morgan fingerprint density at radius 1 is 1.09 bits per heavy atom. The van der Waals surface area contributed by atoms with Crippen LogP contribution in [0.4, 0.5) is 5.69 Å². The van der Waals surface area contributed by atoms with Gasteiger partial charge in [0.2, 0.25) is 0 Å². The van der Waals surface area contributed by atoms with E-state index in [0.29, 0.717) is 11.3 Å². The van der Waals surface area contributed by atoms with Gasteiger partial charge in [0.25, 0.3) is 5.91 Å². The third kappa shape index (κ3) is 5.84. The highest BCUT2D eigenvalue weighted by Gasteiger charge is 2.26. The molecule has 0 bridgehead atoms.